The molecule has 0 bridgehead atoms. The minimum atomic E-state index is -0.161. The number of ether oxygens (including phenoxy) is 1. The molecule has 1 amide bonds. The van der Waals surface area contributed by atoms with E-state index in [1.807, 2.05) is 12.1 Å². The molecule has 3 rings (SSSR count). The van der Waals surface area contributed by atoms with Crippen LogP contribution in [0.1, 0.15) is 11.3 Å². The third-order valence-corrected chi connectivity index (χ3v) is 3.55. The van der Waals surface area contributed by atoms with E-state index in [4.69, 9.17) is 9.15 Å². The zero-order valence-corrected chi connectivity index (χ0v) is 12.8. The first-order valence-electron chi connectivity index (χ1n) is 7.58. The van der Waals surface area contributed by atoms with Crippen molar-refractivity contribution in [2.75, 3.05) is 31.2 Å². The van der Waals surface area contributed by atoms with Gasteiger partial charge in [-0.05, 0) is 35.9 Å². The molecule has 23 heavy (non-hydrogen) atoms. The number of amides is 1. The second-order valence-corrected chi connectivity index (χ2v) is 5.19. The van der Waals surface area contributed by atoms with E-state index in [9.17, 15) is 4.79 Å². The number of hydrogen-bond donors (Lipinski definition) is 1. The summed E-state index contributed by atoms with van der Waals surface area (Å²) in [6, 6.07) is 7.48. The van der Waals surface area contributed by atoms with Gasteiger partial charge < -0.3 is 19.4 Å². The average Bonchev–Trinajstić information content (AvgIpc) is 3.13. The van der Waals surface area contributed by atoms with Crippen LogP contribution in [-0.4, -0.2) is 37.2 Å². The summed E-state index contributed by atoms with van der Waals surface area (Å²) in [7, 11) is 0. The highest BCUT2D eigenvalue weighted by molar-refractivity contribution is 5.91. The second-order valence-electron chi connectivity index (χ2n) is 5.19. The Morgan fingerprint density at radius 3 is 3.00 bits per heavy atom. The normalized spacial score (nSPS) is 15.0. The van der Waals surface area contributed by atoms with Crippen LogP contribution in [0.3, 0.4) is 0 Å². The molecule has 1 saturated heterocycles. The number of morpholine rings is 1. The summed E-state index contributed by atoms with van der Waals surface area (Å²) in [4.78, 5) is 18.4. The Kier molecular flexibility index (Phi) is 5.06. The van der Waals surface area contributed by atoms with Crippen LogP contribution in [0.25, 0.3) is 6.08 Å². The lowest BCUT2D eigenvalue weighted by Crippen LogP contribution is -2.36. The van der Waals surface area contributed by atoms with E-state index < -0.39 is 0 Å². The second kappa shape index (κ2) is 7.60. The van der Waals surface area contributed by atoms with Gasteiger partial charge in [-0.15, -0.1) is 0 Å². The number of furan rings is 1. The fourth-order valence-electron chi connectivity index (χ4n) is 2.33. The average molecular weight is 313 g/mol. The number of hydrogen-bond acceptors (Lipinski definition) is 5. The number of nitrogens with zero attached hydrogens (tertiary/aromatic N) is 2. The van der Waals surface area contributed by atoms with Crippen molar-refractivity contribution in [2.45, 2.75) is 6.54 Å². The number of aromatic nitrogens is 1. The van der Waals surface area contributed by atoms with Crippen molar-refractivity contribution in [3.8, 4) is 0 Å². The van der Waals surface area contributed by atoms with Gasteiger partial charge in [-0.25, -0.2) is 4.98 Å². The Morgan fingerprint density at radius 1 is 1.35 bits per heavy atom. The number of nitrogens with one attached hydrogen (secondary N) is 1. The van der Waals surface area contributed by atoms with Crippen LogP contribution in [0, 0.1) is 0 Å². The Bertz CT molecular complexity index is 661. The molecule has 0 spiro atoms. The minimum absolute atomic E-state index is 0.161. The first kappa shape index (κ1) is 15.3. The van der Waals surface area contributed by atoms with Gasteiger partial charge in [-0.1, -0.05) is 0 Å². The lowest BCUT2D eigenvalue weighted by Gasteiger charge is -2.28. The number of anilines is 1. The van der Waals surface area contributed by atoms with Crippen molar-refractivity contribution < 1.29 is 13.9 Å². The minimum Gasteiger partial charge on any atom is -0.465 e. The van der Waals surface area contributed by atoms with E-state index >= 15 is 0 Å². The predicted octanol–water partition coefficient (Wildman–Crippen LogP) is 1.84. The van der Waals surface area contributed by atoms with E-state index in [2.05, 4.69) is 15.2 Å². The quantitative estimate of drug-likeness (QED) is 0.853. The number of carbonyl (C=O) groups is 1. The van der Waals surface area contributed by atoms with Gasteiger partial charge in [0.25, 0.3) is 0 Å². The van der Waals surface area contributed by atoms with Crippen LogP contribution in [0.15, 0.2) is 47.2 Å². The van der Waals surface area contributed by atoms with Gasteiger partial charge in [0, 0.05) is 31.9 Å². The molecule has 0 aliphatic carbocycles. The van der Waals surface area contributed by atoms with E-state index in [-0.39, 0.29) is 5.91 Å². The van der Waals surface area contributed by atoms with Crippen LogP contribution in [0.2, 0.25) is 0 Å². The maximum atomic E-state index is 11.8. The Morgan fingerprint density at radius 2 is 2.22 bits per heavy atom. The van der Waals surface area contributed by atoms with Gasteiger partial charge in [-0.3, -0.25) is 4.79 Å². The monoisotopic (exact) mass is 313 g/mol. The van der Waals surface area contributed by atoms with E-state index in [1.165, 1.54) is 6.08 Å². The van der Waals surface area contributed by atoms with Gasteiger partial charge in [-0.2, -0.15) is 0 Å². The molecule has 6 nitrogen and oxygen atoms in total. The molecule has 1 N–H and O–H groups in total. The van der Waals surface area contributed by atoms with Crippen molar-refractivity contribution in [2.24, 2.45) is 0 Å². The smallest absolute Gasteiger partial charge is 0.244 e. The summed E-state index contributed by atoms with van der Waals surface area (Å²) in [5, 5.41) is 2.85. The van der Waals surface area contributed by atoms with Crippen LogP contribution < -0.4 is 10.2 Å². The Hall–Kier alpha value is -2.60. The van der Waals surface area contributed by atoms with Gasteiger partial charge in [0.1, 0.15) is 11.6 Å². The summed E-state index contributed by atoms with van der Waals surface area (Å²) in [6.45, 7) is 3.59. The molecule has 120 valence electrons. The molecule has 2 aromatic rings. The molecule has 0 aromatic carbocycles. The van der Waals surface area contributed by atoms with E-state index in [0.29, 0.717) is 12.3 Å². The highest BCUT2D eigenvalue weighted by atomic mass is 16.5. The summed E-state index contributed by atoms with van der Waals surface area (Å²) in [5.74, 6) is 1.41. The molecule has 3 heterocycles. The summed E-state index contributed by atoms with van der Waals surface area (Å²) in [5.41, 5.74) is 1.02. The topological polar surface area (TPSA) is 67.6 Å². The number of carbonyl (C=O) groups excluding carboxylic acids is 1. The number of rotatable bonds is 5. The van der Waals surface area contributed by atoms with Crippen LogP contribution >= 0.6 is 0 Å². The van der Waals surface area contributed by atoms with Crippen LogP contribution in [-0.2, 0) is 16.1 Å². The Balaban J connectivity index is 1.54. The van der Waals surface area contributed by atoms with Gasteiger partial charge >= 0.3 is 0 Å². The highest BCUT2D eigenvalue weighted by Gasteiger charge is 2.12. The molecular formula is C17H19N3O3. The number of pyridine rings is 1. The van der Waals surface area contributed by atoms with Crippen LogP contribution in [0.5, 0.6) is 0 Å². The lowest BCUT2D eigenvalue weighted by atomic mass is 10.2. The zero-order chi connectivity index (χ0) is 15.9. The van der Waals surface area contributed by atoms with Crippen molar-refractivity contribution in [1.82, 2.24) is 10.3 Å². The first-order valence-corrected chi connectivity index (χ1v) is 7.58. The molecule has 6 heteroatoms. The largest absolute Gasteiger partial charge is 0.465 e. The molecule has 1 aliphatic rings. The Labute approximate surface area is 134 Å². The lowest BCUT2D eigenvalue weighted by molar-refractivity contribution is -0.116. The molecule has 0 atom stereocenters. The van der Waals surface area contributed by atoms with E-state index in [0.717, 1.165) is 37.7 Å². The summed E-state index contributed by atoms with van der Waals surface area (Å²) in [6.07, 6.45) is 6.44. The SMILES string of the molecule is O=C(/C=C/c1ccco1)NCc1ccnc(N2CCOCC2)c1. The molecule has 2 aromatic heterocycles. The predicted molar refractivity (Wildman–Crippen MR) is 86.9 cm³/mol. The fraction of sp³-hybridized carbons (Fsp3) is 0.294. The van der Waals surface area contributed by atoms with Crippen molar-refractivity contribution in [3.05, 3.63) is 54.1 Å². The fourth-order valence-corrected chi connectivity index (χ4v) is 2.33. The standard InChI is InChI=1S/C17H19N3O3/c21-17(4-3-15-2-1-9-23-15)19-13-14-5-6-18-16(12-14)20-7-10-22-11-8-20/h1-6,9,12H,7-8,10-11,13H2,(H,19,21)/b4-3+. The molecule has 0 saturated carbocycles. The van der Waals surface area contributed by atoms with E-state index in [1.54, 1.807) is 30.7 Å². The molecule has 1 aliphatic heterocycles. The third-order valence-electron chi connectivity index (χ3n) is 3.55. The molecule has 0 radical (unpaired) electrons. The molecule has 0 unspecified atom stereocenters. The highest BCUT2D eigenvalue weighted by Crippen LogP contribution is 2.14. The maximum Gasteiger partial charge on any atom is 0.244 e. The van der Waals surface area contributed by atoms with Gasteiger partial charge in [0.2, 0.25) is 5.91 Å². The van der Waals surface area contributed by atoms with Gasteiger partial charge in [0.15, 0.2) is 0 Å². The van der Waals surface area contributed by atoms with Crippen molar-refractivity contribution in [3.63, 3.8) is 0 Å². The van der Waals surface area contributed by atoms with Crippen molar-refractivity contribution >= 4 is 17.8 Å². The first-order chi connectivity index (χ1) is 11.3. The molecule has 1 fully saturated rings. The zero-order valence-electron chi connectivity index (χ0n) is 12.8. The summed E-state index contributed by atoms with van der Waals surface area (Å²) >= 11 is 0. The van der Waals surface area contributed by atoms with Crippen molar-refractivity contribution in [1.29, 1.82) is 0 Å². The maximum absolute atomic E-state index is 11.8. The third kappa shape index (κ3) is 4.43. The van der Waals surface area contributed by atoms with Gasteiger partial charge in [0.05, 0.1) is 19.5 Å². The van der Waals surface area contributed by atoms with Crippen LogP contribution in [0.4, 0.5) is 5.82 Å². The summed E-state index contributed by atoms with van der Waals surface area (Å²) < 4.78 is 10.5. The molecular weight excluding hydrogens is 294 g/mol.